The predicted octanol–water partition coefficient (Wildman–Crippen LogP) is 2.20. The number of rotatable bonds is 3. The largest absolute Gasteiger partial charge is 0.384 e. The van der Waals surface area contributed by atoms with Gasteiger partial charge >= 0.3 is 0 Å². The van der Waals surface area contributed by atoms with E-state index in [1.807, 2.05) is 37.4 Å². The average Bonchev–Trinajstić information content (AvgIpc) is 2.72. The Morgan fingerprint density at radius 2 is 2.12 bits per heavy atom. The molecule has 2 N–H and O–H groups in total. The molecule has 0 spiro atoms. The van der Waals surface area contributed by atoms with Gasteiger partial charge in [-0.25, -0.2) is 0 Å². The molecule has 0 bridgehead atoms. The summed E-state index contributed by atoms with van der Waals surface area (Å²) in [5.41, 5.74) is 1.09. The summed E-state index contributed by atoms with van der Waals surface area (Å²) < 4.78 is 0. The molecule has 0 radical (unpaired) electrons. The van der Waals surface area contributed by atoms with E-state index in [9.17, 15) is 5.11 Å². The fourth-order valence-electron chi connectivity index (χ4n) is 2.62. The topological polar surface area (TPSA) is 32.3 Å². The van der Waals surface area contributed by atoms with Gasteiger partial charge in [-0.15, -0.1) is 0 Å². The third-order valence-electron chi connectivity index (χ3n) is 3.62. The molecule has 0 aliphatic heterocycles. The van der Waals surface area contributed by atoms with E-state index < -0.39 is 5.60 Å². The molecule has 1 aromatic rings. The lowest BCUT2D eigenvalue weighted by Crippen LogP contribution is -2.45. The molecule has 2 heteroatoms. The highest BCUT2D eigenvalue weighted by molar-refractivity contribution is 5.71. The monoisotopic (exact) mass is 217 g/mol. The molecule has 86 valence electrons. The van der Waals surface area contributed by atoms with Crippen molar-refractivity contribution in [1.29, 1.82) is 0 Å². The molecule has 1 saturated carbocycles. The third kappa shape index (κ3) is 1.79. The van der Waals surface area contributed by atoms with Crippen LogP contribution >= 0.6 is 0 Å². The van der Waals surface area contributed by atoms with Gasteiger partial charge in [0.15, 0.2) is 0 Å². The molecule has 0 heterocycles. The maximum atomic E-state index is 10.7. The molecule has 1 fully saturated rings. The normalized spacial score (nSPS) is 29.2. The number of hydrogen-bond acceptors (Lipinski definition) is 2. The van der Waals surface area contributed by atoms with Gasteiger partial charge in [0.05, 0.1) is 0 Å². The second-order valence-electron chi connectivity index (χ2n) is 4.50. The summed E-state index contributed by atoms with van der Waals surface area (Å²) in [5, 5.41) is 13.9. The first-order chi connectivity index (χ1) is 7.68. The van der Waals surface area contributed by atoms with Crippen molar-refractivity contribution >= 4 is 5.57 Å². The SMILES string of the molecule is C=C(c1ccccc1)C1(O)CCCC1NC. The van der Waals surface area contributed by atoms with Crippen LogP contribution in [0.3, 0.4) is 0 Å². The lowest BCUT2D eigenvalue weighted by molar-refractivity contribution is 0.0824. The fourth-order valence-corrected chi connectivity index (χ4v) is 2.62. The smallest absolute Gasteiger partial charge is 0.105 e. The maximum Gasteiger partial charge on any atom is 0.105 e. The highest BCUT2D eigenvalue weighted by Gasteiger charge is 2.42. The van der Waals surface area contributed by atoms with Gasteiger partial charge in [0.1, 0.15) is 5.60 Å². The summed E-state index contributed by atoms with van der Waals surface area (Å²) in [6.07, 6.45) is 2.86. The highest BCUT2D eigenvalue weighted by atomic mass is 16.3. The maximum absolute atomic E-state index is 10.7. The first kappa shape index (κ1) is 11.4. The van der Waals surface area contributed by atoms with E-state index in [0.717, 1.165) is 30.4 Å². The van der Waals surface area contributed by atoms with E-state index in [2.05, 4.69) is 11.9 Å². The van der Waals surface area contributed by atoms with Crippen LogP contribution in [0.5, 0.6) is 0 Å². The first-order valence-corrected chi connectivity index (χ1v) is 5.83. The van der Waals surface area contributed by atoms with E-state index in [4.69, 9.17) is 0 Å². The minimum Gasteiger partial charge on any atom is -0.384 e. The molecule has 0 saturated heterocycles. The molecule has 1 aromatic carbocycles. The Morgan fingerprint density at radius 1 is 1.44 bits per heavy atom. The second kappa shape index (κ2) is 4.40. The number of nitrogens with one attached hydrogen (secondary N) is 1. The van der Waals surface area contributed by atoms with Crippen LogP contribution in [-0.4, -0.2) is 23.8 Å². The van der Waals surface area contributed by atoms with Crippen molar-refractivity contribution in [3.05, 3.63) is 42.5 Å². The quantitative estimate of drug-likeness (QED) is 0.813. The van der Waals surface area contributed by atoms with Gasteiger partial charge in [0.2, 0.25) is 0 Å². The van der Waals surface area contributed by atoms with E-state index in [1.54, 1.807) is 0 Å². The molecule has 1 aliphatic rings. The van der Waals surface area contributed by atoms with Crippen molar-refractivity contribution in [3.63, 3.8) is 0 Å². The molecular formula is C14H19NO. The van der Waals surface area contributed by atoms with Crippen molar-refractivity contribution < 1.29 is 5.11 Å². The van der Waals surface area contributed by atoms with Gasteiger partial charge in [-0.2, -0.15) is 0 Å². The Labute approximate surface area is 97.0 Å². The van der Waals surface area contributed by atoms with Crippen LogP contribution in [0.4, 0.5) is 0 Å². The van der Waals surface area contributed by atoms with Gasteiger partial charge in [-0.05, 0) is 37.4 Å². The lowest BCUT2D eigenvalue weighted by Gasteiger charge is -2.32. The van der Waals surface area contributed by atoms with E-state index in [0.29, 0.717) is 0 Å². The molecule has 2 atom stereocenters. The molecule has 1 aliphatic carbocycles. The second-order valence-corrected chi connectivity index (χ2v) is 4.50. The number of aliphatic hydroxyl groups is 1. The van der Waals surface area contributed by atoms with Crippen LogP contribution < -0.4 is 5.32 Å². The minimum atomic E-state index is -0.782. The number of likely N-dealkylation sites (N-methyl/N-ethyl adjacent to an activating group) is 1. The van der Waals surface area contributed by atoms with E-state index >= 15 is 0 Å². The van der Waals surface area contributed by atoms with Crippen molar-refractivity contribution in [2.45, 2.75) is 30.9 Å². The van der Waals surface area contributed by atoms with Gasteiger partial charge in [0.25, 0.3) is 0 Å². The molecular weight excluding hydrogens is 198 g/mol. The summed E-state index contributed by atoms with van der Waals surface area (Å²) in [7, 11) is 1.90. The number of hydrogen-bond donors (Lipinski definition) is 2. The average molecular weight is 217 g/mol. The summed E-state index contributed by atoms with van der Waals surface area (Å²) in [6.45, 7) is 4.09. The summed E-state index contributed by atoms with van der Waals surface area (Å²) in [6, 6.07) is 10.1. The van der Waals surface area contributed by atoms with Crippen molar-refractivity contribution in [2.24, 2.45) is 0 Å². The van der Waals surface area contributed by atoms with Crippen LogP contribution in [0.2, 0.25) is 0 Å². The van der Waals surface area contributed by atoms with Gasteiger partial charge in [-0.1, -0.05) is 36.9 Å². The Bertz CT molecular complexity index is 374. The van der Waals surface area contributed by atoms with Gasteiger partial charge < -0.3 is 10.4 Å². The molecule has 0 amide bonds. The highest BCUT2D eigenvalue weighted by Crippen LogP contribution is 2.39. The van der Waals surface area contributed by atoms with Gasteiger partial charge in [-0.3, -0.25) is 0 Å². The van der Waals surface area contributed by atoms with Crippen molar-refractivity contribution in [1.82, 2.24) is 5.32 Å². The Balaban J connectivity index is 2.27. The van der Waals surface area contributed by atoms with Crippen molar-refractivity contribution in [3.8, 4) is 0 Å². The molecule has 2 nitrogen and oxygen atoms in total. The van der Waals surface area contributed by atoms with Crippen molar-refractivity contribution in [2.75, 3.05) is 7.05 Å². The zero-order valence-electron chi connectivity index (χ0n) is 9.74. The minimum absolute atomic E-state index is 0.125. The zero-order chi connectivity index (χ0) is 11.6. The molecule has 2 rings (SSSR count). The first-order valence-electron chi connectivity index (χ1n) is 5.83. The standard InChI is InChI=1S/C14H19NO/c1-11(12-7-4-3-5-8-12)14(16)10-6-9-13(14)15-2/h3-5,7-8,13,15-16H,1,6,9-10H2,2H3. The predicted molar refractivity (Wildman–Crippen MR) is 67.1 cm³/mol. The fraction of sp³-hybridized carbons (Fsp3) is 0.429. The van der Waals surface area contributed by atoms with Crippen LogP contribution in [0.15, 0.2) is 36.9 Å². The van der Waals surface area contributed by atoms with Gasteiger partial charge in [0, 0.05) is 6.04 Å². The third-order valence-corrected chi connectivity index (χ3v) is 3.62. The Kier molecular flexibility index (Phi) is 3.13. The van der Waals surface area contributed by atoms with E-state index in [1.165, 1.54) is 0 Å². The van der Waals surface area contributed by atoms with Crippen LogP contribution in [0.25, 0.3) is 5.57 Å². The summed E-state index contributed by atoms with van der Waals surface area (Å²) in [4.78, 5) is 0. The number of benzene rings is 1. The summed E-state index contributed by atoms with van der Waals surface area (Å²) in [5.74, 6) is 0. The Hall–Kier alpha value is -1.12. The van der Waals surface area contributed by atoms with Crippen LogP contribution in [0.1, 0.15) is 24.8 Å². The van der Waals surface area contributed by atoms with E-state index in [-0.39, 0.29) is 6.04 Å². The van der Waals surface area contributed by atoms with Crippen LogP contribution in [-0.2, 0) is 0 Å². The molecule has 16 heavy (non-hydrogen) atoms. The zero-order valence-corrected chi connectivity index (χ0v) is 9.74. The summed E-state index contributed by atoms with van der Waals surface area (Å²) >= 11 is 0. The van der Waals surface area contributed by atoms with Crippen LogP contribution in [0, 0.1) is 0 Å². The molecule has 0 aromatic heterocycles. The lowest BCUT2D eigenvalue weighted by atomic mass is 9.85. The molecule has 2 unspecified atom stereocenters. The Morgan fingerprint density at radius 3 is 2.75 bits per heavy atom.